The molecule has 1 aromatic carbocycles. The van der Waals surface area contributed by atoms with Gasteiger partial charge in [-0.05, 0) is 25.1 Å². The zero-order valence-corrected chi connectivity index (χ0v) is 11.6. The zero-order valence-electron chi connectivity index (χ0n) is 9.97. The molecule has 2 aromatic rings. The van der Waals surface area contributed by atoms with Crippen LogP contribution in [0.3, 0.4) is 0 Å². The molecule has 0 aliphatic heterocycles. The van der Waals surface area contributed by atoms with Crippen LogP contribution in [-0.2, 0) is 0 Å². The molecular formula is C13H14BrN3O. The van der Waals surface area contributed by atoms with Crippen molar-refractivity contribution in [1.82, 2.24) is 9.97 Å². The van der Waals surface area contributed by atoms with Crippen LogP contribution in [-0.4, -0.2) is 21.6 Å². The van der Waals surface area contributed by atoms with E-state index in [4.69, 9.17) is 5.73 Å². The summed E-state index contributed by atoms with van der Waals surface area (Å²) in [5.74, 6) is 0.368. The Morgan fingerprint density at radius 1 is 1.33 bits per heavy atom. The van der Waals surface area contributed by atoms with E-state index in [0.29, 0.717) is 5.82 Å². The Balaban J connectivity index is 2.48. The van der Waals surface area contributed by atoms with Crippen LogP contribution in [0.5, 0.6) is 0 Å². The number of benzene rings is 1. The first-order valence-corrected chi connectivity index (χ1v) is 6.39. The number of aromatic nitrogens is 2. The normalized spacial score (nSPS) is 12.4. The third-order valence-corrected chi connectivity index (χ3v) is 3.01. The Morgan fingerprint density at radius 2 is 2.11 bits per heavy atom. The van der Waals surface area contributed by atoms with Gasteiger partial charge in [0.2, 0.25) is 0 Å². The molecular weight excluding hydrogens is 294 g/mol. The lowest BCUT2D eigenvalue weighted by Crippen LogP contribution is -2.15. The molecule has 0 amide bonds. The molecule has 1 atom stereocenters. The van der Waals surface area contributed by atoms with Crippen LogP contribution < -0.4 is 5.73 Å². The Kier molecular flexibility index (Phi) is 4.06. The minimum Gasteiger partial charge on any atom is -0.384 e. The molecule has 0 saturated heterocycles. The predicted octanol–water partition coefficient (Wildman–Crippen LogP) is 2.21. The predicted molar refractivity (Wildman–Crippen MR) is 73.9 cm³/mol. The van der Waals surface area contributed by atoms with E-state index < -0.39 is 6.10 Å². The van der Waals surface area contributed by atoms with Crippen LogP contribution in [0.25, 0.3) is 11.3 Å². The number of halogens is 1. The van der Waals surface area contributed by atoms with Crippen LogP contribution in [0.2, 0.25) is 0 Å². The van der Waals surface area contributed by atoms with Gasteiger partial charge in [0.1, 0.15) is 6.10 Å². The minimum absolute atomic E-state index is 0.112. The van der Waals surface area contributed by atoms with Gasteiger partial charge in [-0.2, -0.15) is 0 Å². The average molecular weight is 308 g/mol. The number of aryl methyl sites for hydroxylation is 1. The van der Waals surface area contributed by atoms with Gasteiger partial charge in [-0.15, -0.1) is 0 Å². The van der Waals surface area contributed by atoms with Gasteiger partial charge in [0, 0.05) is 22.3 Å². The van der Waals surface area contributed by atoms with Gasteiger partial charge in [0.15, 0.2) is 5.82 Å². The number of nitrogens with two attached hydrogens (primary N) is 1. The third-order valence-electron chi connectivity index (χ3n) is 2.51. The largest absolute Gasteiger partial charge is 0.384 e. The van der Waals surface area contributed by atoms with Gasteiger partial charge < -0.3 is 10.8 Å². The lowest BCUT2D eigenvalue weighted by atomic mass is 10.1. The molecule has 5 heteroatoms. The maximum absolute atomic E-state index is 9.72. The van der Waals surface area contributed by atoms with E-state index in [0.717, 1.165) is 21.4 Å². The summed E-state index contributed by atoms with van der Waals surface area (Å²) < 4.78 is 0.984. The first-order chi connectivity index (χ1) is 8.60. The van der Waals surface area contributed by atoms with E-state index in [1.807, 2.05) is 37.3 Å². The first kappa shape index (κ1) is 13.1. The van der Waals surface area contributed by atoms with Crippen molar-refractivity contribution in [2.45, 2.75) is 13.0 Å². The summed E-state index contributed by atoms with van der Waals surface area (Å²) in [6.45, 7) is 1.98. The molecule has 1 heterocycles. The summed E-state index contributed by atoms with van der Waals surface area (Å²) in [4.78, 5) is 8.55. The number of hydrogen-bond acceptors (Lipinski definition) is 4. The standard InChI is InChI=1S/C13H14BrN3O/c1-8-5-11(9-3-2-4-10(14)6-9)17-13(16-8)12(18)7-15/h2-6,12,18H,7,15H2,1H3. The lowest BCUT2D eigenvalue weighted by Gasteiger charge is -2.10. The highest BCUT2D eigenvalue weighted by Crippen LogP contribution is 2.22. The Bertz CT molecular complexity index is 560. The molecule has 0 aliphatic rings. The van der Waals surface area contributed by atoms with E-state index in [2.05, 4.69) is 25.9 Å². The highest BCUT2D eigenvalue weighted by Gasteiger charge is 2.11. The number of aliphatic hydroxyl groups is 1. The van der Waals surface area contributed by atoms with Crippen molar-refractivity contribution in [2.24, 2.45) is 5.73 Å². The topological polar surface area (TPSA) is 72.0 Å². The molecule has 0 saturated carbocycles. The molecule has 4 nitrogen and oxygen atoms in total. The molecule has 0 bridgehead atoms. The van der Waals surface area contributed by atoms with E-state index in [1.54, 1.807) is 0 Å². The average Bonchev–Trinajstić information content (AvgIpc) is 2.37. The van der Waals surface area contributed by atoms with Crippen molar-refractivity contribution < 1.29 is 5.11 Å². The molecule has 94 valence electrons. The molecule has 18 heavy (non-hydrogen) atoms. The SMILES string of the molecule is Cc1cc(-c2cccc(Br)c2)nc(C(O)CN)n1. The maximum atomic E-state index is 9.72. The lowest BCUT2D eigenvalue weighted by molar-refractivity contribution is 0.176. The fourth-order valence-electron chi connectivity index (χ4n) is 1.64. The summed E-state index contributed by atoms with van der Waals surface area (Å²) in [6.07, 6.45) is -0.823. The van der Waals surface area contributed by atoms with Crippen molar-refractivity contribution in [1.29, 1.82) is 0 Å². The van der Waals surface area contributed by atoms with E-state index in [-0.39, 0.29) is 6.54 Å². The Hall–Kier alpha value is -1.30. The summed E-state index contributed by atoms with van der Waals surface area (Å²) >= 11 is 3.43. The van der Waals surface area contributed by atoms with Gasteiger partial charge in [-0.25, -0.2) is 9.97 Å². The summed E-state index contributed by atoms with van der Waals surface area (Å²) in [5, 5.41) is 9.72. The van der Waals surface area contributed by atoms with Crippen molar-refractivity contribution in [3.05, 3.63) is 46.3 Å². The van der Waals surface area contributed by atoms with Crippen molar-refractivity contribution in [3.8, 4) is 11.3 Å². The van der Waals surface area contributed by atoms with Crippen LogP contribution in [0, 0.1) is 6.92 Å². The summed E-state index contributed by atoms with van der Waals surface area (Å²) in [7, 11) is 0. The summed E-state index contributed by atoms with van der Waals surface area (Å²) in [5.41, 5.74) is 7.99. The fourth-order valence-corrected chi connectivity index (χ4v) is 2.04. The number of aliphatic hydroxyl groups excluding tert-OH is 1. The smallest absolute Gasteiger partial charge is 0.159 e. The second-order valence-corrected chi connectivity index (χ2v) is 4.93. The summed E-state index contributed by atoms with van der Waals surface area (Å²) in [6, 6.07) is 9.71. The number of nitrogens with zero attached hydrogens (tertiary/aromatic N) is 2. The first-order valence-electron chi connectivity index (χ1n) is 5.60. The molecule has 3 N–H and O–H groups in total. The maximum Gasteiger partial charge on any atom is 0.159 e. The fraction of sp³-hybridized carbons (Fsp3) is 0.231. The van der Waals surface area contributed by atoms with Gasteiger partial charge in [-0.3, -0.25) is 0 Å². The van der Waals surface area contributed by atoms with Crippen molar-refractivity contribution in [2.75, 3.05) is 6.54 Å². The van der Waals surface area contributed by atoms with Gasteiger partial charge in [-0.1, -0.05) is 28.1 Å². The molecule has 0 spiro atoms. The van der Waals surface area contributed by atoms with Crippen molar-refractivity contribution >= 4 is 15.9 Å². The number of rotatable bonds is 3. The Labute approximate surface area is 114 Å². The molecule has 0 aliphatic carbocycles. The van der Waals surface area contributed by atoms with Crippen LogP contribution in [0.4, 0.5) is 0 Å². The van der Waals surface area contributed by atoms with E-state index in [9.17, 15) is 5.11 Å². The van der Waals surface area contributed by atoms with Crippen LogP contribution >= 0.6 is 15.9 Å². The quantitative estimate of drug-likeness (QED) is 0.912. The van der Waals surface area contributed by atoms with Crippen LogP contribution in [0.15, 0.2) is 34.8 Å². The molecule has 0 radical (unpaired) electrons. The van der Waals surface area contributed by atoms with Gasteiger partial charge in [0.05, 0.1) is 5.69 Å². The Morgan fingerprint density at radius 3 is 2.78 bits per heavy atom. The van der Waals surface area contributed by atoms with Crippen molar-refractivity contribution in [3.63, 3.8) is 0 Å². The molecule has 0 fully saturated rings. The number of hydrogen-bond donors (Lipinski definition) is 2. The monoisotopic (exact) mass is 307 g/mol. The minimum atomic E-state index is -0.823. The zero-order chi connectivity index (χ0) is 13.1. The molecule has 1 unspecified atom stereocenters. The van der Waals surface area contributed by atoms with Gasteiger partial charge >= 0.3 is 0 Å². The molecule has 1 aromatic heterocycles. The highest BCUT2D eigenvalue weighted by molar-refractivity contribution is 9.10. The second-order valence-electron chi connectivity index (χ2n) is 4.01. The van der Waals surface area contributed by atoms with Gasteiger partial charge in [0.25, 0.3) is 0 Å². The third kappa shape index (κ3) is 2.93. The molecule has 2 rings (SSSR count). The van der Waals surface area contributed by atoms with Crippen LogP contribution in [0.1, 0.15) is 17.6 Å². The second kappa shape index (κ2) is 5.56. The van der Waals surface area contributed by atoms with E-state index in [1.165, 1.54) is 0 Å². The van der Waals surface area contributed by atoms with E-state index >= 15 is 0 Å². The highest BCUT2D eigenvalue weighted by atomic mass is 79.9.